The maximum Gasteiger partial charge on any atom is 0.319 e. The lowest BCUT2D eigenvalue weighted by Crippen LogP contribution is -2.38. The van der Waals surface area contributed by atoms with Crippen molar-refractivity contribution in [3.05, 3.63) is 65.7 Å². The van der Waals surface area contributed by atoms with Crippen molar-refractivity contribution in [3.63, 3.8) is 0 Å². The van der Waals surface area contributed by atoms with Crippen LogP contribution in [-0.2, 0) is 11.3 Å². The summed E-state index contributed by atoms with van der Waals surface area (Å²) < 4.78 is 0. The Hall–Kier alpha value is -3.35. The lowest BCUT2D eigenvalue weighted by Gasteiger charge is -2.09. The van der Waals surface area contributed by atoms with Crippen LogP contribution in [0.4, 0.5) is 10.5 Å². The molecule has 0 aliphatic carbocycles. The van der Waals surface area contributed by atoms with Crippen molar-refractivity contribution in [2.75, 3.05) is 11.9 Å². The Morgan fingerprint density at radius 2 is 1.75 bits per heavy atom. The molecule has 2 rings (SSSR count). The van der Waals surface area contributed by atoms with Gasteiger partial charge in [-0.15, -0.1) is 0 Å². The molecule has 2 aromatic carbocycles. The normalized spacial score (nSPS) is 9.83. The van der Waals surface area contributed by atoms with Crippen LogP contribution in [0.5, 0.6) is 0 Å². The molecule has 0 spiro atoms. The number of amidine groups is 1. The monoisotopic (exact) mass is 325 g/mol. The minimum atomic E-state index is -0.509. The van der Waals surface area contributed by atoms with Crippen molar-refractivity contribution >= 4 is 23.5 Å². The summed E-state index contributed by atoms with van der Waals surface area (Å²) in [5, 5.41) is 15.1. The predicted molar refractivity (Wildman–Crippen MR) is 92.8 cm³/mol. The zero-order valence-corrected chi connectivity index (χ0v) is 13.0. The molecule has 0 fully saturated rings. The van der Waals surface area contributed by atoms with Gasteiger partial charge in [-0.2, -0.15) is 0 Å². The van der Waals surface area contributed by atoms with Gasteiger partial charge in [0.1, 0.15) is 5.84 Å². The van der Waals surface area contributed by atoms with Gasteiger partial charge in [-0.25, -0.2) is 4.79 Å². The summed E-state index contributed by atoms with van der Waals surface area (Å²) in [6.45, 7) is 0.273. The van der Waals surface area contributed by atoms with Gasteiger partial charge in [0.2, 0.25) is 5.91 Å². The van der Waals surface area contributed by atoms with Gasteiger partial charge >= 0.3 is 6.03 Å². The van der Waals surface area contributed by atoms with Crippen LogP contribution in [0.1, 0.15) is 11.1 Å². The summed E-state index contributed by atoms with van der Waals surface area (Å²) in [4.78, 5) is 23.5. The Morgan fingerprint density at radius 3 is 2.46 bits per heavy atom. The highest BCUT2D eigenvalue weighted by atomic mass is 16.2. The average Bonchev–Trinajstić information content (AvgIpc) is 2.59. The van der Waals surface area contributed by atoms with E-state index in [2.05, 4.69) is 16.0 Å². The molecular formula is C17H19N5O2. The van der Waals surface area contributed by atoms with E-state index in [-0.39, 0.29) is 18.3 Å². The van der Waals surface area contributed by atoms with Crippen LogP contribution in [0, 0.1) is 5.41 Å². The Kier molecular flexibility index (Phi) is 5.90. The number of hydrogen-bond donors (Lipinski definition) is 5. The van der Waals surface area contributed by atoms with Gasteiger partial charge in [-0.1, -0.05) is 42.5 Å². The van der Waals surface area contributed by atoms with Crippen molar-refractivity contribution in [1.82, 2.24) is 10.6 Å². The Balaban J connectivity index is 1.75. The topological polar surface area (TPSA) is 120 Å². The second-order valence-electron chi connectivity index (χ2n) is 5.06. The number of nitrogens with two attached hydrogens (primary N) is 1. The second-order valence-corrected chi connectivity index (χ2v) is 5.06. The molecule has 0 saturated carbocycles. The Bertz CT molecular complexity index is 731. The highest BCUT2D eigenvalue weighted by Gasteiger charge is 2.06. The van der Waals surface area contributed by atoms with E-state index in [1.807, 2.05) is 30.3 Å². The lowest BCUT2D eigenvalue weighted by molar-refractivity contribution is -0.120. The van der Waals surface area contributed by atoms with E-state index in [0.29, 0.717) is 17.8 Å². The third-order valence-electron chi connectivity index (χ3n) is 3.17. The lowest BCUT2D eigenvalue weighted by atomic mass is 10.2. The zero-order valence-electron chi connectivity index (χ0n) is 13.0. The fourth-order valence-electron chi connectivity index (χ4n) is 1.96. The summed E-state index contributed by atoms with van der Waals surface area (Å²) >= 11 is 0. The Morgan fingerprint density at radius 1 is 1.00 bits per heavy atom. The van der Waals surface area contributed by atoms with E-state index < -0.39 is 6.03 Å². The third kappa shape index (κ3) is 5.45. The van der Waals surface area contributed by atoms with Gasteiger partial charge in [0.15, 0.2) is 0 Å². The summed E-state index contributed by atoms with van der Waals surface area (Å²) in [5.74, 6) is -0.370. The van der Waals surface area contributed by atoms with Crippen LogP contribution >= 0.6 is 0 Å². The van der Waals surface area contributed by atoms with E-state index >= 15 is 0 Å². The first-order valence-electron chi connectivity index (χ1n) is 7.34. The zero-order chi connectivity index (χ0) is 17.4. The minimum absolute atomic E-state index is 0.0839. The number of rotatable bonds is 6. The molecule has 0 saturated heterocycles. The molecule has 24 heavy (non-hydrogen) atoms. The fourth-order valence-corrected chi connectivity index (χ4v) is 1.96. The van der Waals surface area contributed by atoms with E-state index in [1.165, 1.54) is 0 Å². The van der Waals surface area contributed by atoms with E-state index in [4.69, 9.17) is 11.1 Å². The van der Waals surface area contributed by atoms with E-state index in [0.717, 1.165) is 5.56 Å². The number of hydrogen-bond acceptors (Lipinski definition) is 3. The second kappa shape index (κ2) is 8.33. The number of urea groups is 1. The molecule has 0 radical (unpaired) electrons. The smallest absolute Gasteiger partial charge is 0.319 e. The SMILES string of the molecule is N=C(N)c1cccc(NC(=O)NCC(=O)NCc2ccccc2)c1. The summed E-state index contributed by atoms with van der Waals surface area (Å²) in [6.07, 6.45) is 0. The number of carbonyl (C=O) groups is 2. The quantitative estimate of drug-likeness (QED) is 0.408. The molecule has 2 aromatic rings. The summed E-state index contributed by atoms with van der Waals surface area (Å²) in [6, 6.07) is 15.6. The van der Waals surface area contributed by atoms with Gasteiger partial charge in [0.25, 0.3) is 0 Å². The van der Waals surface area contributed by atoms with Gasteiger partial charge in [0, 0.05) is 17.8 Å². The van der Waals surface area contributed by atoms with Crippen molar-refractivity contribution in [3.8, 4) is 0 Å². The molecule has 0 unspecified atom stereocenters. The summed E-state index contributed by atoms with van der Waals surface area (Å²) in [7, 11) is 0. The van der Waals surface area contributed by atoms with E-state index in [1.54, 1.807) is 24.3 Å². The standard InChI is InChI=1S/C17H19N5O2/c18-16(19)13-7-4-8-14(9-13)22-17(24)21-11-15(23)20-10-12-5-2-1-3-6-12/h1-9H,10-11H2,(H3,18,19)(H,20,23)(H2,21,22,24). The highest BCUT2D eigenvalue weighted by molar-refractivity contribution is 5.97. The molecule has 0 aliphatic heterocycles. The molecule has 124 valence electrons. The first-order valence-corrected chi connectivity index (χ1v) is 7.34. The van der Waals surface area contributed by atoms with Crippen LogP contribution in [-0.4, -0.2) is 24.3 Å². The van der Waals surface area contributed by atoms with Crippen LogP contribution in [0.25, 0.3) is 0 Å². The van der Waals surface area contributed by atoms with Gasteiger partial charge < -0.3 is 21.7 Å². The van der Waals surface area contributed by atoms with Gasteiger partial charge in [-0.05, 0) is 17.7 Å². The number of nitrogen functional groups attached to an aromatic ring is 1. The molecule has 0 aliphatic rings. The van der Waals surface area contributed by atoms with Crippen LogP contribution in [0.3, 0.4) is 0 Å². The predicted octanol–water partition coefficient (Wildman–Crippen LogP) is 1.41. The fraction of sp³-hybridized carbons (Fsp3) is 0.118. The summed E-state index contributed by atoms with van der Waals surface area (Å²) in [5.41, 5.74) is 7.38. The molecule has 6 N–H and O–H groups in total. The first kappa shape index (κ1) is 17.0. The maximum absolute atomic E-state index is 11.8. The van der Waals surface area contributed by atoms with Crippen molar-refractivity contribution in [2.24, 2.45) is 5.73 Å². The van der Waals surface area contributed by atoms with Crippen LogP contribution in [0.15, 0.2) is 54.6 Å². The molecular weight excluding hydrogens is 306 g/mol. The maximum atomic E-state index is 11.8. The number of anilines is 1. The molecule has 7 nitrogen and oxygen atoms in total. The highest BCUT2D eigenvalue weighted by Crippen LogP contribution is 2.09. The van der Waals surface area contributed by atoms with Crippen LogP contribution in [0.2, 0.25) is 0 Å². The van der Waals surface area contributed by atoms with Gasteiger partial charge in [0.05, 0.1) is 6.54 Å². The molecule has 3 amide bonds. The first-order chi connectivity index (χ1) is 11.5. The molecule has 0 aromatic heterocycles. The van der Waals surface area contributed by atoms with E-state index in [9.17, 15) is 9.59 Å². The number of amides is 3. The molecule has 0 heterocycles. The number of nitrogens with one attached hydrogen (secondary N) is 4. The van der Waals surface area contributed by atoms with Crippen LogP contribution < -0.4 is 21.7 Å². The third-order valence-corrected chi connectivity index (χ3v) is 3.17. The average molecular weight is 325 g/mol. The molecule has 7 heteroatoms. The van der Waals surface area contributed by atoms with Crippen molar-refractivity contribution in [2.45, 2.75) is 6.54 Å². The van der Waals surface area contributed by atoms with Crippen molar-refractivity contribution < 1.29 is 9.59 Å². The largest absolute Gasteiger partial charge is 0.384 e. The molecule has 0 atom stereocenters. The number of benzene rings is 2. The van der Waals surface area contributed by atoms with Gasteiger partial charge in [-0.3, -0.25) is 10.2 Å². The Labute approximate surface area is 139 Å². The minimum Gasteiger partial charge on any atom is -0.384 e. The van der Waals surface area contributed by atoms with Crippen molar-refractivity contribution in [1.29, 1.82) is 5.41 Å². The molecule has 0 bridgehead atoms. The number of carbonyl (C=O) groups excluding carboxylic acids is 2.